The van der Waals surface area contributed by atoms with Crippen LogP contribution in [0, 0.1) is 6.92 Å². The minimum atomic E-state index is -0.433. The number of nitrogens with two attached hydrogens (primary N) is 1. The van der Waals surface area contributed by atoms with Crippen LogP contribution in [0.4, 0.5) is 0 Å². The number of hydrogen-bond donors (Lipinski definition) is 2. The van der Waals surface area contributed by atoms with Crippen molar-refractivity contribution in [2.45, 2.75) is 32.7 Å². The summed E-state index contributed by atoms with van der Waals surface area (Å²) in [6.07, 6.45) is 1.19. The second-order valence-corrected chi connectivity index (χ2v) is 3.29. The van der Waals surface area contributed by atoms with Crippen LogP contribution in [-0.4, -0.2) is 28.6 Å². The summed E-state index contributed by atoms with van der Waals surface area (Å²) in [7, 11) is 0. The zero-order chi connectivity index (χ0) is 11.3. The highest BCUT2D eigenvalue weighted by molar-refractivity contribution is 5.81. The lowest BCUT2D eigenvalue weighted by Crippen LogP contribution is -2.40. The van der Waals surface area contributed by atoms with Gasteiger partial charge in [-0.1, -0.05) is 12.1 Å². The second kappa shape index (κ2) is 5.45. The van der Waals surface area contributed by atoms with Gasteiger partial charge in [-0.3, -0.25) is 4.79 Å². The molecule has 1 rings (SSSR count). The fourth-order valence-corrected chi connectivity index (χ4v) is 1.06. The Kier molecular flexibility index (Phi) is 4.23. The molecule has 84 valence electrons. The number of carbonyl (C=O) groups excluding carboxylic acids is 1. The largest absolute Gasteiger partial charge is 0.354 e. The van der Waals surface area contributed by atoms with E-state index < -0.39 is 6.04 Å². The quantitative estimate of drug-likeness (QED) is 0.703. The van der Waals surface area contributed by atoms with Gasteiger partial charge in [0, 0.05) is 19.9 Å². The van der Waals surface area contributed by atoms with Crippen LogP contribution in [0.3, 0.4) is 0 Å². The number of carbonyl (C=O) groups is 1. The molecular formula is C9H16N4O2. The molecule has 1 aromatic heterocycles. The van der Waals surface area contributed by atoms with Crippen molar-refractivity contribution in [2.75, 3.05) is 6.54 Å². The Morgan fingerprint density at radius 3 is 2.93 bits per heavy atom. The van der Waals surface area contributed by atoms with Gasteiger partial charge in [-0.2, -0.15) is 4.98 Å². The molecule has 1 atom stereocenters. The minimum Gasteiger partial charge on any atom is -0.354 e. The zero-order valence-corrected chi connectivity index (χ0v) is 8.99. The average Bonchev–Trinajstić information content (AvgIpc) is 2.63. The molecule has 0 aliphatic heterocycles. The Morgan fingerprint density at radius 2 is 2.40 bits per heavy atom. The Morgan fingerprint density at radius 1 is 1.67 bits per heavy atom. The van der Waals surface area contributed by atoms with Crippen LogP contribution >= 0.6 is 0 Å². The fraction of sp³-hybridized carbons (Fsp3) is 0.667. The van der Waals surface area contributed by atoms with Crippen LogP contribution in [-0.2, 0) is 11.2 Å². The first-order chi connectivity index (χ1) is 7.13. The van der Waals surface area contributed by atoms with Gasteiger partial charge in [-0.15, -0.1) is 0 Å². The molecule has 0 spiro atoms. The summed E-state index contributed by atoms with van der Waals surface area (Å²) in [4.78, 5) is 15.3. The smallest absolute Gasteiger partial charge is 0.236 e. The third-order valence-electron chi connectivity index (χ3n) is 1.99. The summed E-state index contributed by atoms with van der Waals surface area (Å²) in [5.41, 5.74) is 5.54. The third-order valence-corrected chi connectivity index (χ3v) is 1.99. The molecule has 0 radical (unpaired) electrons. The van der Waals surface area contributed by atoms with Crippen LogP contribution < -0.4 is 11.1 Å². The van der Waals surface area contributed by atoms with Gasteiger partial charge in [0.1, 0.15) is 0 Å². The second-order valence-electron chi connectivity index (χ2n) is 3.29. The first-order valence-corrected chi connectivity index (χ1v) is 4.96. The van der Waals surface area contributed by atoms with E-state index in [0.29, 0.717) is 31.1 Å². The highest BCUT2D eigenvalue weighted by Gasteiger charge is 2.10. The van der Waals surface area contributed by atoms with Gasteiger partial charge in [0.05, 0.1) is 6.04 Å². The van der Waals surface area contributed by atoms with E-state index in [4.69, 9.17) is 10.3 Å². The van der Waals surface area contributed by atoms with E-state index in [9.17, 15) is 4.79 Å². The molecule has 0 aliphatic carbocycles. The number of rotatable bonds is 5. The molecule has 0 aliphatic rings. The van der Waals surface area contributed by atoms with Gasteiger partial charge in [0.2, 0.25) is 11.8 Å². The predicted octanol–water partition coefficient (Wildman–Crippen LogP) is -0.226. The van der Waals surface area contributed by atoms with E-state index in [-0.39, 0.29) is 5.91 Å². The maximum Gasteiger partial charge on any atom is 0.236 e. The Bertz CT molecular complexity index is 324. The Hall–Kier alpha value is -1.43. The lowest BCUT2D eigenvalue weighted by atomic mass is 10.2. The molecule has 0 bridgehead atoms. The summed E-state index contributed by atoms with van der Waals surface area (Å²) < 4.78 is 4.79. The number of nitrogens with zero attached hydrogens (tertiary/aromatic N) is 2. The first kappa shape index (κ1) is 11.6. The van der Waals surface area contributed by atoms with Gasteiger partial charge < -0.3 is 15.6 Å². The molecule has 6 nitrogen and oxygen atoms in total. The highest BCUT2D eigenvalue weighted by atomic mass is 16.5. The van der Waals surface area contributed by atoms with Gasteiger partial charge in [0.25, 0.3) is 0 Å². The van der Waals surface area contributed by atoms with Crippen molar-refractivity contribution >= 4 is 5.91 Å². The molecule has 3 N–H and O–H groups in total. The Balaban J connectivity index is 2.24. The first-order valence-electron chi connectivity index (χ1n) is 4.96. The standard InChI is InChI=1S/C9H16N4O2/c1-3-7(10)9(14)11-5-4-8-12-6(2)15-13-8/h7H,3-5,10H2,1-2H3,(H,11,14)/t7-/m0/s1. The van der Waals surface area contributed by atoms with Gasteiger partial charge in [0.15, 0.2) is 5.82 Å². The van der Waals surface area contributed by atoms with E-state index in [2.05, 4.69) is 15.5 Å². The van der Waals surface area contributed by atoms with Crippen LogP contribution in [0.1, 0.15) is 25.1 Å². The van der Waals surface area contributed by atoms with Crippen molar-refractivity contribution in [3.63, 3.8) is 0 Å². The van der Waals surface area contributed by atoms with Crippen molar-refractivity contribution < 1.29 is 9.32 Å². The normalized spacial score (nSPS) is 12.5. The Labute approximate surface area is 88.2 Å². The van der Waals surface area contributed by atoms with Gasteiger partial charge in [-0.25, -0.2) is 0 Å². The zero-order valence-electron chi connectivity index (χ0n) is 8.99. The van der Waals surface area contributed by atoms with E-state index in [1.165, 1.54) is 0 Å². The summed E-state index contributed by atoms with van der Waals surface area (Å²) in [5.74, 6) is 0.983. The van der Waals surface area contributed by atoms with Crippen molar-refractivity contribution in [3.05, 3.63) is 11.7 Å². The molecule has 6 heteroatoms. The summed E-state index contributed by atoms with van der Waals surface area (Å²) in [5, 5.41) is 6.41. The van der Waals surface area contributed by atoms with Crippen molar-refractivity contribution in [2.24, 2.45) is 5.73 Å². The van der Waals surface area contributed by atoms with Crippen molar-refractivity contribution in [3.8, 4) is 0 Å². The van der Waals surface area contributed by atoms with Gasteiger partial charge in [-0.05, 0) is 6.42 Å². The average molecular weight is 212 g/mol. The number of nitrogens with one attached hydrogen (secondary N) is 1. The molecule has 0 saturated carbocycles. The maximum atomic E-state index is 11.3. The number of hydrogen-bond acceptors (Lipinski definition) is 5. The molecular weight excluding hydrogens is 196 g/mol. The van der Waals surface area contributed by atoms with E-state index in [1.54, 1.807) is 6.92 Å². The SMILES string of the molecule is CC[C@H](N)C(=O)NCCc1noc(C)n1. The predicted molar refractivity (Wildman–Crippen MR) is 54.0 cm³/mol. The molecule has 1 heterocycles. The highest BCUT2D eigenvalue weighted by Crippen LogP contribution is 1.95. The summed E-state index contributed by atoms with van der Waals surface area (Å²) in [6, 6.07) is -0.433. The molecule has 0 aromatic carbocycles. The molecule has 15 heavy (non-hydrogen) atoms. The minimum absolute atomic E-state index is 0.141. The van der Waals surface area contributed by atoms with Crippen LogP contribution in [0.5, 0.6) is 0 Å². The van der Waals surface area contributed by atoms with E-state index >= 15 is 0 Å². The lowest BCUT2D eigenvalue weighted by molar-refractivity contribution is -0.122. The molecule has 1 aromatic rings. The van der Waals surface area contributed by atoms with Crippen molar-refractivity contribution in [1.82, 2.24) is 15.5 Å². The summed E-state index contributed by atoms with van der Waals surface area (Å²) >= 11 is 0. The van der Waals surface area contributed by atoms with Crippen LogP contribution in [0.15, 0.2) is 4.52 Å². The fourth-order valence-electron chi connectivity index (χ4n) is 1.06. The number of aryl methyl sites for hydroxylation is 1. The lowest BCUT2D eigenvalue weighted by Gasteiger charge is -2.08. The van der Waals surface area contributed by atoms with E-state index in [1.807, 2.05) is 6.92 Å². The molecule has 0 unspecified atom stereocenters. The maximum absolute atomic E-state index is 11.3. The molecule has 0 fully saturated rings. The molecule has 0 saturated heterocycles. The van der Waals surface area contributed by atoms with E-state index in [0.717, 1.165) is 0 Å². The van der Waals surface area contributed by atoms with Crippen molar-refractivity contribution in [1.29, 1.82) is 0 Å². The number of aromatic nitrogens is 2. The van der Waals surface area contributed by atoms with Crippen LogP contribution in [0.2, 0.25) is 0 Å². The summed E-state index contributed by atoms with van der Waals surface area (Å²) in [6.45, 7) is 4.07. The van der Waals surface area contributed by atoms with Crippen LogP contribution in [0.25, 0.3) is 0 Å². The monoisotopic (exact) mass is 212 g/mol. The topological polar surface area (TPSA) is 94.0 Å². The van der Waals surface area contributed by atoms with Gasteiger partial charge >= 0.3 is 0 Å². The number of amides is 1. The third kappa shape index (κ3) is 3.67. The molecule has 1 amide bonds.